The smallest absolute Gasteiger partial charge is 0.391 e. The predicted molar refractivity (Wildman–Crippen MR) is 118 cm³/mol. The second-order valence-corrected chi connectivity index (χ2v) is 9.05. The minimum atomic E-state index is -4.38. The van der Waals surface area contributed by atoms with Crippen LogP contribution in [-0.4, -0.2) is 37.4 Å². The number of alkyl halides is 6. The minimum absolute atomic E-state index is 0.00310. The van der Waals surface area contributed by atoms with Crippen LogP contribution in [0, 0.1) is 5.92 Å². The van der Waals surface area contributed by atoms with Gasteiger partial charge < -0.3 is 9.67 Å². The summed E-state index contributed by atoms with van der Waals surface area (Å²) in [5.41, 5.74) is 0.613. The summed E-state index contributed by atoms with van der Waals surface area (Å²) < 4.78 is 80.3. The fraction of sp³-hybridized carbons (Fsp3) is 0.458. The first-order valence-corrected chi connectivity index (χ1v) is 11.4. The topological polar surface area (TPSA) is 76.6 Å². The Kier molecular flexibility index (Phi) is 6.89. The summed E-state index contributed by atoms with van der Waals surface area (Å²) in [7, 11) is 0. The molecule has 194 valence electrons. The molecule has 1 aromatic carbocycles. The lowest BCUT2D eigenvalue weighted by Gasteiger charge is -2.28. The summed E-state index contributed by atoms with van der Waals surface area (Å²) in [6, 6.07) is 6.79. The molecule has 0 bridgehead atoms. The number of rotatable bonds is 6. The molecule has 12 heteroatoms. The number of carbonyl (C=O) groups is 1. The van der Waals surface area contributed by atoms with Gasteiger partial charge in [-0.3, -0.25) is 9.20 Å². The molecule has 2 aromatic heterocycles. The Bertz CT molecular complexity index is 1300. The number of halogens is 6. The molecule has 0 spiro atoms. The molecule has 1 fully saturated rings. The number of hydrogen-bond acceptors (Lipinski definition) is 3. The van der Waals surface area contributed by atoms with Gasteiger partial charge in [-0.1, -0.05) is 12.1 Å². The van der Waals surface area contributed by atoms with Crippen LogP contribution in [0.3, 0.4) is 0 Å². The molecule has 0 atom stereocenters. The first kappa shape index (κ1) is 25.8. The third-order valence-corrected chi connectivity index (χ3v) is 6.61. The molecule has 0 saturated heterocycles. The zero-order valence-corrected chi connectivity index (χ0v) is 18.9. The van der Waals surface area contributed by atoms with Gasteiger partial charge in [0.1, 0.15) is 0 Å². The molecule has 4 rings (SSSR count). The fourth-order valence-corrected chi connectivity index (χ4v) is 4.71. The molecule has 2 heterocycles. The van der Waals surface area contributed by atoms with Crippen LogP contribution in [0.15, 0.2) is 41.3 Å². The molecule has 1 aliphatic carbocycles. The number of carboxylic acids is 1. The zero-order chi connectivity index (χ0) is 26.3. The Morgan fingerprint density at radius 2 is 1.67 bits per heavy atom. The maximum Gasteiger partial charge on any atom is 0.391 e. The first-order chi connectivity index (χ1) is 16.8. The van der Waals surface area contributed by atoms with Gasteiger partial charge in [-0.05, 0) is 49.8 Å². The molecular weight excluding hydrogens is 492 g/mol. The third kappa shape index (κ3) is 5.57. The average molecular weight is 515 g/mol. The second kappa shape index (κ2) is 9.62. The number of carboxylic acid groups (broad SMARTS) is 1. The van der Waals surface area contributed by atoms with Gasteiger partial charge in [-0.15, -0.1) is 0 Å². The Morgan fingerprint density at radius 1 is 1.03 bits per heavy atom. The highest BCUT2D eigenvalue weighted by Gasteiger charge is 2.42. The highest BCUT2D eigenvalue weighted by Crippen LogP contribution is 2.42. The first-order valence-electron chi connectivity index (χ1n) is 11.4. The van der Waals surface area contributed by atoms with E-state index in [1.807, 2.05) is 0 Å². The van der Waals surface area contributed by atoms with Gasteiger partial charge in [-0.2, -0.15) is 26.3 Å². The van der Waals surface area contributed by atoms with Crippen LogP contribution >= 0.6 is 0 Å². The van der Waals surface area contributed by atoms with Crippen molar-refractivity contribution in [3.63, 3.8) is 0 Å². The van der Waals surface area contributed by atoms with Crippen molar-refractivity contribution in [2.45, 2.75) is 63.3 Å². The van der Waals surface area contributed by atoms with Gasteiger partial charge in [-0.25, -0.2) is 9.78 Å². The van der Waals surface area contributed by atoms with Gasteiger partial charge in [0.05, 0.1) is 22.9 Å². The van der Waals surface area contributed by atoms with Gasteiger partial charge in [0, 0.05) is 31.1 Å². The summed E-state index contributed by atoms with van der Waals surface area (Å²) in [6.45, 7) is -0.128. The standard InChI is InChI=1S/C24H23F6N3O3/c25-23(26,27)10-1-11-32-19(15-2-4-16(5-3-15)21(35)36)12-20(34)33-13-18(31-22(32)33)14-6-8-17(9-7-14)24(28,29)30/h2-5,12-14,17H,1,6-11H2,(H,35,36)/t14-,17-. The Labute approximate surface area is 201 Å². The summed E-state index contributed by atoms with van der Waals surface area (Å²) >= 11 is 0. The number of aromatic carboxylic acids is 1. The minimum Gasteiger partial charge on any atom is -0.478 e. The van der Waals surface area contributed by atoms with Gasteiger partial charge >= 0.3 is 18.3 Å². The van der Waals surface area contributed by atoms with Crippen LogP contribution in [0.2, 0.25) is 0 Å². The molecule has 1 saturated carbocycles. The quantitative estimate of drug-likeness (QED) is 0.406. The molecule has 0 unspecified atom stereocenters. The van der Waals surface area contributed by atoms with Crippen LogP contribution < -0.4 is 5.56 Å². The summed E-state index contributed by atoms with van der Waals surface area (Å²) in [5, 5.41) is 9.13. The highest BCUT2D eigenvalue weighted by molar-refractivity contribution is 5.88. The summed E-state index contributed by atoms with van der Waals surface area (Å²) in [6.07, 6.45) is -8.18. The highest BCUT2D eigenvalue weighted by atomic mass is 19.4. The largest absolute Gasteiger partial charge is 0.478 e. The molecule has 1 N–H and O–H groups in total. The van der Waals surface area contributed by atoms with Crippen LogP contribution in [0.25, 0.3) is 17.0 Å². The maximum absolute atomic E-state index is 13.0. The van der Waals surface area contributed by atoms with Crippen molar-refractivity contribution >= 4 is 11.7 Å². The van der Waals surface area contributed by atoms with E-state index < -0.39 is 36.2 Å². The van der Waals surface area contributed by atoms with E-state index in [1.54, 1.807) is 0 Å². The third-order valence-electron chi connectivity index (χ3n) is 6.61. The molecule has 36 heavy (non-hydrogen) atoms. The number of fused-ring (bicyclic) bond motifs is 1. The molecule has 1 aliphatic rings. The molecule has 6 nitrogen and oxygen atoms in total. The van der Waals surface area contributed by atoms with E-state index in [0.717, 1.165) is 0 Å². The SMILES string of the molecule is O=C(O)c1ccc(-c2cc(=O)n3cc([C@H]4CC[C@H](C(F)(F)F)CC4)nc3n2CCCC(F)(F)F)cc1. The zero-order valence-electron chi connectivity index (χ0n) is 18.9. The number of aromatic nitrogens is 3. The van der Waals surface area contributed by atoms with E-state index in [0.29, 0.717) is 11.3 Å². The summed E-state index contributed by atoms with van der Waals surface area (Å²) in [4.78, 5) is 28.6. The average Bonchev–Trinajstić information content (AvgIpc) is 3.25. The monoisotopic (exact) mass is 515 g/mol. The Balaban J connectivity index is 1.73. The van der Waals surface area contributed by atoms with Gasteiger partial charge in [0.2, 0.25) is 5.78 Å². The van der Waals surface area contributed by atoms with Crippen LogP contribution in [0.1, 0.15) is 60.5 Å². The summed E-state index contributed by atoms with van der Waals surface area (Å²) in [5.74, 6) is -2.74. The predicted octanol–water partition coefficient (Wildman–Crippen LogP) is 6.04. The normalized spacial score (nSPS) is 19.1. The van der Waals surface area contributed by atoms with Gasteiger partial charge in [0.25, 0.3) is 5.56 Å². The van der Waals surface area contributed by atoms with E-state index in [2.05, 4.69) is 4.98 Å². The maximum atomic E-state index is 13.0. The van der Waals surface area contributed by atoms with Crippen molar-refractivity contribution < 1.29 is 36.2 Å². The Hall–Kier alpha value is -3.31. The van der Waals surface area contributed by atoms with E-state index >= 15 is 0 Å². The van der Waals surface area contributed by atoms with Crippen LogP contribution in [0.5, 0.6) is 0 Å². The number of hydrogen-bond donors (Lipinski definition) is 1. The van der Waals surface area contributed by atoms with Crippen molar-refractivity contribution in [3.8, 4) is 11.3 Å². The number of nitrogens with zero attached hydrogens (tertiary/aromatic N) is 3. The van der Waals surface area contributed by atoms with Gasteiger partial charge in [0.15, 0.2) is 0 Å². The number of benzene rings is 1. The van der Waals surface area contributed by atoms with E-state index in [4.69, 9.17) is 5.11 Å². The molecule has 0 amide bonds. The van der Waals surface area contributed by atoms with Crippen LogP contribution in [0.4, 0.5) is 26.3 Å². The molecule has 0 radical (unpaired) electrons. The number of imidazole rings is 1. The van der Waals surface area contributed by atoms with E-state index in [1.165, 1.54) is 45.5 Å². The fourth-order valence-electron chi connectivity index (χ4n) is 4.71. The molecular formula is C24H23F6N3O3. The Morgan fingerprint density at radius 3 is 2.22 bits per heavy atom. The van der Waals surface area contributed by atoms with Crippen molar-refractivity contribution in [3.05, 3.63) is 58.1 Å². The molecule has 0 aliphatic heterocycles. The lowest BCUT2D eigenvalue weighted by atomic mass is 9.80. The molecule has 3 aromatic rings. The number of aryl methyl sites for hydroxylation is 1. The van der Waals surface area contributed by atoms with Crippen molar-refractivity contribution in [1.29, 1.82) is 0 Å². The van der Waals surface area contributed by atoms with Crippen LogP contribution in [-0.2, 0) is 6.54 Å². The van der Waals surface area contributed by atoms with Crippen molar-refractivity contribution in [2.75, 3.05) is 0 Å². The second-order valence-electron chi connectivity index (χ2n) is 9.05. The lowest BCUT2D eigenvalue weighted by molar-refractivity contribution is -0.182. The van der Waals surface area contributed by atoms with Crippen molar-refractivity contribution in [1.82, 2.24) is 14.0 Å². The van der Waals surface area contributed by atoms with E-state index in [-0.39, 0.29) is 61.6 Å². The van der Waals surface area contributed by atoms with E-state index in [9.17, 15) is 35.9 Å². The van der Waals surface area contributed by atoms with Crippen molar-refractivity contribution in [2.24, 2.45) is 5.92 Å². The lowest BCUT2D eigenvalue weighted by Crippen LogP contribution is -2.27.